The molecule has 4 aromatic rings. The highest BCUT2D eigenvalue weighted by atomic mass is 16.5. The molecule has 46 heavy (non-hydrogen) atoms. The number of carbonyl (C=O) groups excluding carboxylic acids is 2. The summed E-state index contributed by atoms with van der Waals surface area (Å²) in [6.45, 7) is 5.57. The number of carbonyl (C=O) groups is 2. The maximum absolute atomic E-state index is 12.8. The molecule has 0 aliphatic heterocycles. The van der Waals surface area contributed by atoms with Crippen molar-refractivity contribution >= 4 is 11.9 Å². The van der Waals surface area contributed by atoms with Crippen LogP contribution in [0.15, 0.2) is 97.1 Å². The van der Waals surface area contributed by atoms with Gasteiger partial charge in [-0.1, -0.05) is 70.2 Å². The zero-order chi connectivity index (χ0) is 32.2. The molecule has 0 amide bonds. The van der Waals surface area contributed by atoms with E-state index in [-0.39, 0.29) is 5.41 Å². The molecule has 240 valence electrons. The van der Waals surface area contributed by atoms with E-state index in [4.69, 9.17) is 18.9 Å². The van der Waals surface area contributed by atoms with E-state index >= 15 is 0 Å². The Balaban J connectivity index is 1.23. The van der Waals surface area contributed by atoms with Crippen LogP contribution >= 0.6 is 0 Å². The van der Waals surface area contributed by atoms with Crippen LogP contribution in [0.2, 0.25) is 0 Å². The van der Waals surface area contributed by atoms with Crippen LogP contribution in [-0.4, -0.2) is 25.2 Å². The first-order valence-electron chi connectivity index (χ1n) is 16.6. The Labute approximate surface area is 272 Å². The Hall–Kier alpha value is -4.58. The van der Waals surface area contributed by atoms with E-state index < -0.39 is 11.9 Å². The molecule has 5 rings (SSSR count). The Morgan fingerprint density at radius 3 is 1.26 bits per heavy atom. The van der Waals surface area contributed by atoms with Crippen LogP contribution in [0.3, 0.4) is 0 Å². The first-order valence-corrected chi connectivity index (χ1v) is 16.6. The van der Waals surface area contributed by atoms with Crippen LogP contribution in [-0.2, 0) is 5.41 Å². The standard InChI is InChI=1S/C40H44O6/c1-3-5-28-43-34-18-10-30(11-19-34)38(41)45-36-22-14-32(15-23-36)40(26-8-7-9-27-40)33-16-24-37(25-17-33)46-39(42)31-12-20-35(21-13-31)44-29-6-4-2/h10-25H,3-9,26-29H2,1-2H3. The summed E-state index contributed by atoms with van der Waals surface area (Å²) in [5.74, 6) is 1.70. The van der Waals surface area contributed by atoms with Crippen molar-refractivity contribution in [3.63, 3.8) is 0 Å². The predicted molar refractivity (Wildman–Crippen MR) is 180 cm³/mol. The Morgan fingerprint density at radius 1 is 0.522 bits per heavy atom. The van der Waals surface area contributed by atoms with E-state index in [1.807, 2.05) is 24.3 Å². The molecule has 0 N–H and O–H groups in total. The van der Waals surface area contributed by atoms with Gasteiger partial charge in [0.25, 0.3) is 0 Å². The van der Waals surface area contributed by atoms with Crippen molar-refractivity contribution < 1.29 is 28.5 Å². The fraction of sp³-hybridized carbons (Fsp3) is 0.350. The first kappa shape index (κ1) is 32.8. The molecule has 1 aliphatic rings. The van der Waals surface area contributed by atoms with Crippen molar-refractivity contribution in [2.24, 2.45) is 0 Å². The summed E-state index contributed by atoms with van der Waals surface area (Å²) in [7, 11) is 0. The molecule has 4 aromatic carbocycles. The Bertz CT molecular complexity index is 1420. The minimum atomic E-state index is -0.401. The molecule has 0 bridgehead atoms. The zero-order valence-corrected chi connectivity index (χ0v) is 27.0. The summed E-state index contributed by atoms with van der Waals surface area (Å²) in [4.78, 5) is 25.6. The lowest BCUT2D eigenvalue weighted by Gasteiger charge is -2.38. The molecule has 0 unspecified atom stereocenters. The Kier molecular flexibility index (Phi) is 11.5. The van der Waals surface area contributed by atoms with Crippen LogP contribution in [0.1, 0.15) is 103 Å². The fourth-order valence-corrected chi connectivity index (χ4v) is 5.96. The van der Waals surface area contributed by atoms with Gasteiger partial charge in [-0.15, -0.1) is 0 Å². The minimum Gasteiger partial charge on any atom is -0.494 e. The van der Waals surface area contributed by atoms with Gasteiger partial charge in [0.05, 0.1) is 24.3 Å². The summed E-state index contributed by atoms with van der Waals surface area (Å²) in [6.07, 6.45) is 9.63. The lowest BCUT2D eigenvalue weighted by molar-refractivity contribution is 0.0725. The maximum atomic E-state index is 12.8. The average molecular weight is 621 g/mol. The lowest BCUT2D eigenvalue weighted by Crippen LogP contribution is -2.30. The number of esters is 2. The quantitative estimate of drug-likeness (QED) is 0.0794. The second-order valence-corrected chi connectivity index (χ2v) is 11.9. The summed E-state index contributed by atoms with van der Waals surface area (Å²) in [5.41, 5.74) is 3.16. The molecule has 0 heterocycles. The summed E-state index contributed by atoms with van der Waals surface area (Å²) in [6, 6.07) is 29.9. The average Bonchev–Trinajstić information content (AvgIpc) is 3.10. The SMILES string of the molecule is CCCCOc1ccc(C(=O)Oc2ccc(C3(c4ccc(OC(=O)c5ccc(OCCCC)cc5)cc4)CCCCC3)cc2)cc1. The van der Waals surface area contributed by atoms with Crippen LogP contribution in [0.4, 0.5) is 0 Å². The first-order chi connectivity index (χ1) is 22.5. The van der Waals surface area contributed by atoms with Gasteiger partial charge in [0, 0.05) is 5.41 Å². The van der Waals surface area contributed by atoms with Crippen molar-refractivity contribution in [2.45, 2.75) is 77.0 Å². The van der Waals surface area contributed by atoms with Gasteiger partial charge in [-0.2, -0.15) is 0 Å². The second-order valence-electron chi connectivity index (χ2n) is 11.9. The lowest BCUT2D eigenvalue weighted by atomic mass is 9.65. The van der Waals surface area contributed by atoms with Crippen molar-refractivity contribution in [3.8, 4) is 23.0 Å². The third-order valence-electron chi connectivity index (χ3n) is 8.66. The molecule has 0 aromatic heterocycles. The molecule has 6 nitrogen and oxygen atoms in total. The predicted octanol–water partition coefficient (Wildman–Crippen LogP) is 9.73. The van der Waals surface area contributed by atoms with Crippen LogP contribution < -0.4 is 18.9 Å². The minimum absolute atomic E-state index is 0.162. The molecule has 0 radical (unpaired) electrons. The van der Waals surface area contributed by atoms with E-state index in [0.717, 1.165) is 62.9 Å². The van der Waals surface area contributed by atoms with Crippen LogP contribution in [0.25, 0.3) is 0 Å². The topological polar surface area (TPSA) is 71.1 Å². The summed E-state index contributed by atoms with van der Waals surface area (Å²) >= 11 is 0. The van der Waals surface area contributed by atoms with E-state index in [2.05, 4.69) is 38.1 Å². The van der Waals surface area contributed by atoms with Gasteiger partial charge in [0.15, 0.2) is 0 Å². The highest BCUT2D eigenvalue weighted by Gasteiger charge is 2.35. The second kappa shape index (κ2) is 16.1. The van der Waals surface area contributed by atoms with Crippen molar-refractivity contribution in [1.82, 2.24) is 0 Å². The molecule has 1 aliphatic carbocycles. The molecule has 6 heteroatoms. The molecule has 1 fully saturated rings. The largest absolute Gasteiger partial charge is 0.494 e. The van der Waals surface area contributed by atoms with E-state index in [1.54, 1.807) is 48.5 Å². The van der Waals surface area contributed by atoms with Gasteiger partial charge in [0.1, 0.15) is 23.0 Å². The fourth-order valence-electron chi connectivity index (χ4n) is 5.96. The number of benzene rings is 4. The Morgan fingerprint density at radius 2 is 0.891 bits per heavy atom. The number of rotatable bonds is 14. The van der Waals surface area contributed by atoms with Gasteiger partial charge in [-0.3, -0.25) is 0 Å². The number of ether oxygens (including phenoxy) is 4. The third-order valence-corrected chi connectivity index (χ3v) is 8.66. The smallest absolute Gasteiger partial charge is 0.343 e. The van der Waals surface area contributed by atoms with E-state index in [9.17, 15) is 9.59 Å². The maximum Gasteiger partial charge on any atom is 0.343 e. The number of hydrogen-bond acceptors (Lipinski definition) is 6. The molecule has 1 saturated carbocycles. The molecule has 0 atom stereocenters. The van der Waals surface area contributed by atoms with Crippen molar-refractivity contribution in [1.29, 1.82) is 0 Å². The van der Waals surface area contributed by atoms with Crippen LogP contribution in [0.5, 0.6) is 23.0 Å². The summed E-state index contributed by atoms with van der Waals surface area (Å²) in [5, 5.41) is 0. The normalized spacial score (nSPS) is 13.9. The van der Waals surface area contributed by atoms with Crippen LogP contribution in [0, 0.1) is 0 Å². The molecular weight excluding hydrogens is 576 g/mol. The van der Waals surface area contributed by atoms with Gasteiger partial charge >= 0.3 is 11.9 Å². The van der Waals surface area contributed by atoms with Gasteiger partial charge in [-0.05, 0) is 110 Å². The molecule has 0 saturated heterocycles. The van der Waals surface area contributed by atoms with Crippen molar-refractivity contribution in [3.05, 3.63) is 119 Å². The van der Waals surface area contributed by atoms with Gasteiger partial charge in [0.2, 0.25) is 0 Å². The number of hydrogen-bond donors (Lipinski definition) is 0. The highest BCUT2D eigenvalue weighted by Crippen LogP contribution is 2.45. The molecular formula is C40H44O6. The highest BCUT2D eigenvalue weighted by molar-refractivity contribution is 5.91. The van der Waals surface area contributed by atoms with E-state index in [0.29, 0.717) is 35.8 Å². The molecule has 0 spiro atoms. The monoisotopic (exact) mass is 620 g/mol. The summed E-state index contributed by atoms with van der Waals surface area (Å²) < 4.78 is 22.8. The van der Waals surface area contributed by atoms with E-state index in [1.165, 1.54) is 17.5 Å². The van der Waals surface area contributed by atoms with Gasteiger partial charge in [-0.25, -0.2) is 9.59 Å². The zero-order valence-electron chi connectivity index (χ0n) is 27.0. The third kappa shape index (κ3) is 8.36. The number of unbranched alkanes of at least 4 members (excludes halogenated alkanes) is 2. The van der Waals surface area contributed by atoms with Crippen molar-refractivity contribution in [2.75, 3.05) is 13.2 Å². The van der Waals surface area contributed by atoms with Gasteiger partial charge < -0.3 is 18.9 Å².